The largest absolute Gasteiger partial charge is 0.481 e. The third-order valence-corrected chi connectivity index (χ3v) is 6.24. The number of rotatable bonds is 4. The van der Waals surface area contributed by atoms with Crippen LogP contribution in [0.4, 0.5) is 0 Å². The number of carbonyl (C=O) groups excluding carboxylic acids is 1. The van der Waals surface area contributed by atoms with Gasteiger partial charge in [0.2, 0.25) is 0 Å². The Labute approximate surface area is 174 Å². The number of fused-ring (bicyclic) bond motifs is 1. The summed E-state index contributed by atoms with van der Waals surface area (Å²) in [5.41, 5.74) is 0. The molecule has 2 aliphatic rings. The van der Waals surface area contributed by atoms with Gasteiger partial charge in [-0.1, -0.05) is 22.4 Å². The number of amides is 1. The fraction of sp³-hybridized carbons (Fsp3) is 0.571. The number of aromatic nitrogens is 3. The summed E-state index contributed by atoms with van der Waals surface area (Å²) in [5.74, 6) is 3.19. The molecule has 1 aromatic carbocycles. The Kier molecular flexibility index (Phi) is 5.99. The molecule has 0 aliphatic carbocycles. The van der Waals surface area contributed by atoms with Crippen molar-refractivity contribution in [3.8, 4) is 5.75 Å². The molecule has 1 amide bonds. The van der Waals surface area contributed by atoms with Gasteiger partial charge >= 0.3 is 0 Å². The Hall–Kier alpha value is -1.89. The number of hydrogen-bond acceptors (Lipinski definition) is 4. The number of piperidine rings is 1. The molecule has 7 heteroatoms. The molecule has 0 spiro atoms. The van der Waals surface area contributed by atoms with Gasteiger partial charge in [-0.2, -0.15) is 0 Å². The molecule has 0 bridgehead atoms. The third-order valence-electron chi connectivity index (χ3n) is 5.71. The monoisotopic (exact) mass is 446 g/mol. The van der Waals surface area contributed by atoms with Gasteiger partial charge in [0.15, 0.2) is 6.10 Å². The molecule has 0 radical (unpaired) electrons. The van der Waals surface area contributed by atoms with Crippen molar-refractivity contribution >= 4 is 21.8 Å². The molecule has 3 heterocycles. The van der Waals surface area contributed by atoms with Gasteiger partial charge in [-0.15, -0.1) is 10.2 Å². The average Bonchev–Trinajstić information content (AvgIpc) is 2.97. The second-order valence-corrected chi connectivity index (χ2v) is 8.69. The number of halogens is 1. The molecule has 1 fully saturated rings. The van der Waals surface area contributed by atoms with Crippen LogP contribution < -0.4 is 4.74 Å². The summed E-state index contributed by atoms with van der Waals surface area (Å²) >= 11 is 3.42. The molecule has 28 heavy (non-hydrogen) atoms. The number of hydrogen-bond donors (Lipinski definition) is 0. The summed E-state index contributed by atoms with van der Waals surface area (Å²) in [5, 5.41) is 8.96. The van der Waals surface area contributed by atoms with Crippen molar-refractivity contribution in [2.24, 2.45) is 0 Å². The lowest BCUT2D eigenvalue weighted by molar-refractivity contribution is -0.139. The minimum atomic E-state index is -0.504. The quantitative estimate of drug-likeness (QED) is 0.713. The summed E-state index contributed by atoms with van der Waals surface area (Å²) < 4.78 is 9.18. The van der Waals surface area contributed by atoms with E-state index in [-0.39, 0.29) is 11.8 Å². The number of benzene rings is 1. The van der Waals surface area contributed by atoms with E-state index < -0.39 is 6.10 Å². The molecule has 1 saturated heterocycles. The highest BCUT2D eigenvalue weighted by Gasteiger charge is 2.31. The van der Waals surface area contributed by atoms with Gasteiger partial charge < -0.3 is 14.2 Å². The van der Waals surface area contributed by atoms with E-state index in [9.17, 15) is 4.79 Å². The molecule has 2 aliphatic heterocycles. The van der Waals surface area contributed by atoms with E-state index in [2.05, 4.69) is 30.7 Å². The third kappa shape index (κ3) is 4.24. The highest BCUT2D eigenvalue weighted by atomic mass is 79.9. The Morgan fingerprint density at radius 2 is 1.96 bits per heavy atom. The second kappa shape index (κ2) is 8.64. The molecule has 4 rings (SSSR count). The SMILES string of the molecule is CC(Oc1ccc(Br)cc1)C(=O)N1CCCC(c2nnc3n2CCCCC3)C1. The van der Waals surface area contributed by atoms with E-state index in [0.717, 1.165) is 48.5 Å². The van der Waals surface area contributed by atoms with Crippen LogP contribution in [0.2, 0.25) is 0 Å². The summed E-state index contributed by atoms with van der Waals surface area (Å²) in [4.78, 5) is 14.9. The molecular formula is C21H27BrN4O2. The summed E-state index contributed by atoms with van der Waals surface area (Å²) in [7, 11) is 0. The van der Waals surface area contributed by atoms with Crippen molar-refractivity contribution in [1.82, 2.24) is 19.7 Å². The highest BCUT2D eigenvalue weighted by molar-refractivity contribution is 9.10. The Morgan fingerprint density at radius 3 is 2.79 bits per heavy atom. The van der Waals surface area contributed by atoms with Gasteiger partial charge in [0.25, 0.3) is 5.91 Å². The van der Waals surface area contributed by atoms with Crippen molar-refractivity contribution < 1.29 is 9.53 Å². The molecular weight excluding hydrogens is 420 g/mol. The number of likely N-dealkylation sites (tertiary alicyclic amines) is 1. The minimum absolute atomic E-state index is 0.0447. The van der Waals surface area contributed by atoms with E-state index in [1.807, 2.05) is 36.1 Å². The Balaban J connectivity index is 1.42. The maximum Gasteiger partial charge on any atom is 0.263 e. The molecule has 2 aromatic rings. The van der Waals surface area contributed by atoms with E-state index in [1.165, 1.54) is 19.3 Å². The van der Waals surface area contributed by atoms with E-state index in [0.29, 0.717) is 12.3 Å². The smallest absolute Gasteiger partial charge is 0.263 e. The zero-order valence-corrected chi connectivity index (χ0v) is 17.9. The fourth-order valence-corrected chi connectivity index (χ4v) is 4.49. The maximum absolute atomic E-state index is 13.0. The summed E-state index contributed by atoms with van der Waals surface area (Å²) in [6, 6.07) is 7.58. The first-order chi connectivity index (χ1) is 13.6. The maximum atomic E-state index is 13.0. The number of aryl methyl sites for hydroxylation is 1. The van der Waals surface area contributed by atoms with Crippen LogP contribution in [0.5, 0.6) is 5.75 Å². The Bertz CT molecular complexity index is 820. The second-order valence-electron chi connectivity index (χ2n) is 7.77. The number of carbonyl (C=O) groups is 1. The lowest BCUT2D eigenvalue weighted by Gasteiger charge is -2.34. The lowest BCUT2D eigenvalue weighted by Crippen LogP contribution is -2.45. The van der Waals surface area contributed by atoms with Crippen LogP contribution in [0.15, 0.2) is 28.7 Å². The zero-order valence-electron chi connectivity index (χ0n) is 16.3. The van der Waals surface area contributed by atoms with Crippen LogP contribution >= 0.6 is 15.9 Å². The van der Waals surface area contributed by atoms with Crippen LogP contribution in [0.25, 0.3) is 0 Å². The zero-order chi connectivity index (χ0) is 19.5. The Morgan fingerprint density at radius 1 is 1.14 bits per heavy atom. The molecule has 0 N–H and O–H groups in total. The van der Waals surface area contributed by atoms with E-state index in [4.69, 9.17) is 4.74 Å². The van der Waals surface area contributed by atoms with E-state index >= 15 is 0 Å². The van der Waals surface area contributed by atoms with Crippen LogP contribution in [0.3, 0.4) is 0 Å². The molecule has 1 aromatic heterocycles. The van der Waals surface area contributed by atoms with Crippen LogP contribution in [0.1, 0.15) is 56.6 Å². The van der Waals surface area contributed by atoms with E-state index in [1.54, 1.807) is 0 Å². The van der Waals surface area contributed by atoms with Gasteiger partial charge in [-0.05, 0) is 56.9 Å². The predicted molar refractivity (Wildman–Crippen MR) is 110 cm³/mol. The van der Waals surface area contributed by atoms with Gasteiger partial charge in [0, 0.05) is 36.4 Å². The number of nitrogens with zero attached hydrogens (tertiary/aromatic N) is 4. The van der Waals surface area contributed by atoms with Gasteiger partial charge in [0.1, 0.15) is 17.4 Å². The molecule has 2 unspecified atom stereocenters. The molecule has 0 saturated carbocycles. The fourth-order valence-electron chi connectivity index (χ4n) is 4.22. The lowest BCUT2D eigenvalue weighted by atomic mass is 9.96. The molecule has 6 nitrogen and oxygen atoms in total. The van der Waals surface area contributed by atoms with Crippen molar-refractivity contribution in [3.05, 3.63) is 40.4 Å². The molecule has 2 atom stereocenters. The van der Waals surface area contributed by atoms with Crippen molar-refractivity contribution in [2.45, 2.75) is 64.0 Å². The predicted octanol–water partition coefficient (Wildman–Crippen LogP) is 3.94. The first-order valence-corrected chi connectivity index (χ1v) is 11.0. The van der Waals surface area contributed by atoms with Crippen molar-refractivity contribution in [1.29, 1.82) is 0 Å². The standard InChI is InChI=1S/C21H27BrN4O2/c1-15(28-18-10-8-17(22)9-11-18)21(27)25-12-5-6-16(14-25)20-24-23-19-7-3-2-4-13-26(19)20/h8-11,15-16H,2-7,12-14H2,1H3. The number of ether oxygens (including phenoxy) is 1. The van der Waals surface area contributed by atoms with Crippen molar-refractivity contribution in [2.75, 3.05) is 13.1 Å². The summed E-state index contributed by atoms with van der Waals surface area (Å²) in [6.45, 7) is 4.32. The first kappa shape index (κ1) is 19.4. The van der Waals surface area contributed by atoms with Crippen LogP contribution in [-0.2, 0) is 17.8 Å². The summed E-state index contributed by atoms with van der Waals surface area (Å²) in [6.07, 6.45) is 6.19. The molecule has 150 valence electrons. The van der Waals surface area contributed by atoms with Crippen LogP contribution in [-0.4, -0.2) is 44.8 Å². The average molecular weight is 447 g/mol. The van der Waals surface area contributed by atoms with Crippen LogP contribution in [0, 0.1) is 0 Å². The normalized spacial score (nSPS) is 20.9. The van der Waals surface area contributed by atoms with Gasteiger partial charge in [-0.3, -0.25) is 4.79 Å². The van der Waals surface area contributed by atoms with Gasteiger partial charge in [-0.25, -0.2) is 0 Å². The first-order valence-electron chi connectivity index (χ1n) is 10.2. The van der Waals surface area contributed by atoms with Crippen molar-refractivity contribution in [3.63, 3.8) is 0 Å². The topological polar surface area (TPSA) is 60.2 Å². The highest BCUT2D eigenvalue weighted by Crippen LogP contribution is 2.28. The minimum Gasteiger partial charge on any atom is -0.481 e. The van der Waals surface area contributed by atoms with Gasteiger partial charge in [0.05, 0.1) is 0 Å².